The molecule has 0 aliphatic heterocycles. The molecule has 0 fully saturated rings. The Bertz CT molecular complexity index is 262. The summed E-state index contributed by atoms with van der Waals surface area (Å²) in [5.41, 5.74) is 3.20. The third-order valence-electron chi connectivity index (χ3n) is 3.85. The van der Waals surface area contributed by atoms with Gasteiger partial charge in [-0.2, -0.15) is 0 Å². The fourth-order valence-corrected chi connectivity index (χ4v) is 2.71. The predicted octanol–water partition coefficient (Wildman–Crippen LogP) is 5.49. The molecule has 90 valence electrons. The van der Waals surface area contributed by atoms with Crippen LogP contribution in [0.4, 0.5) is 0 Å². The molecule has 0 saturated carbocycles. The van der Waals surface area contributed by atoms with Crippen molar-refractivity contribution < 1.29 is 0 Å². The Balaban J connectivity index is 3.07. The van der Waals surface area contributed by atoms with Crippen LogP contribution in [0.5, 0.6) is 0 Å². The van der Waals surface area contributed by atoms with Gasteiger partial charge in [-0.15, -0.1) is 0 Å². The van der Waals surface area contributed by atoms with Crippen molar-refractivity contribution >= 4 is 0 Å². The van der Waals surface area contributed by atoms with Crippen molar-refractivity contribution in [3.8, 4) is 0 Å². The standard InChI is InChI=1S/C16H26/c1-5-13(6-2)15-11-9-10-12-16(15)14(7-3)8-4/h9-14H,5-8H2,1-4H3. The SMILES string of the molecule is CCC(CC)c1ccccc1C(CC)CC. The normalized spacial score (nSPS) is 11.4. The molecule has 0 unspecified atom stereocenters. The summed E-state index contributed by atoms with van der Waals surface area (Å²) in [4.78, 5) is 0. The van der Waals surface area contributed by atoms with E-state index in [-0.39, 0.29) is 0 Å². The molecular formula is C16H26. The molecule has 0 aliphatic carbocycles. The third-order valence-corrected chi connectivity index (χ3v) is 3.85. The van der Waals surface area contributed by atoms with Crippen LogP contribution >= 0.6 is 0 Å². The van der Waals surface area contributed by atoms with Crippen LogP contribution in [0.3, 0.4) is 0 Å². The average molecular weight is 218 g/mol. The summed E-state index contributed by atoms with van der Waals surface area (Å²) in [7, 11) is 0. The monoisotopic (exact) mass is 218 g/mol. The highest BCUT2D eigenvalue weighted by molar-refractivity contribution is 5.33. The molecule has 1 aromatic rings. The van der Waals surface area contributed by atoms with E-state index in [4.69, 9.17) is 0 Å². The molecule has 0 nitrogen and oxygen atoms in total. The minimum Gasteiger partial charge on any atom is -0.0648 e. The number of hydrogen-bond donors (Lipinski definition) is 0. The largest absolute Gasteiger partial charge is 0.0648 e. The molecule has 0 saturated heterocycles. The first-order valence-electron chi connectivity index (χ1n) is 6.87. The van der Waals surface area contributed by atoms with Crippen LogP contribution in [0, 0.1) is 0 Å². The van der Waals surface area contributed by atoms with Crippen molar-refractivity contribution in [2.75, 3.05) is 0 Å². The van der Waals surface area contributed by atoms with E-state index in [1.165, 1.54) is 25.7 Å². The van der Waals surface area contributed by atoms with Crippen LogP contribution in [0.2, 0.25) is 0 Å². The number of rotatable bonds is 6. The summed E-state index contributed by atoms with van der Waals surface area (Å²) in [6.07, 6.45) is 5.03. The molecule has 0 atom stereocenters. The minimum atomic E-state index is 0.747. The molecule has 1 aromatic carbocycles. The maximum absolute atomic E-state index is 2.34. The van der Waals surface area contributed by atoms with Crippen molar-refractivity contribution in [2.45, 2.75) is 65.2 Å². The minimum absolute atomic E-state index is 0.747. The summed E-state index contributed by atoms with van der Waals surface area (Å²) in [6, 6.07) is 9.07. The van der Waals surface area contributed by atoms with Crippen LogP contribution in [0.25, 0.3) is 0 Å². The first-order chi connectivity index (χ1) is 7.78. The molecule has 0 radical (unpaired) electrons. The summed E-state index contributed by atoms with van der Waals surface area (Å²) in [5.74, 6) is 1.49. The Hall–Kier alpha value is -0.780. The molecule has 0 spiro atoms. The van der Waals surface area contributed by atoms with Gasteiger partial charge in [-0.1, -0.05) is 52.0 Å². The van der Waals surface area contributed by atoms with Gasteiger partial charge in [0, 0.05) is 0 Å². The fraction of sp³-hybridized carbons (Fsp3) is 0.625. The Kier molecular flexibility index (Phi) is 5.59. The van der Waals surface area contributed by atoms with E-state index < -0.39 is 0 Å². The first-order valence-corrected chi connectivity index (χ1v) is 6.87. The van der Waals surface area contributed by atoms with Gasteiger partial charge in [-0.3, -0.25) is 0 Å². The van der Waals surface area contributed by atoms with E-state index in [9.17, 15) is 0 Å². The second-order valence-corrected chi connectivity index (χ2v) is 4.66. The first kappa shape index (κ1) is 13.3. The van der Waals surface area contributed by atoms with Crippen molar-refractivity contribution in [3.63, 3.8) is 0 Å². The van der Waals surface area contributed by atoms with Gasteiger partial charge in [0.2, 0.25) is 0 Å². The van der Waals surface area contributed by atoms with Crippen molar-refractivity contribution in [2.24, 2.45) is 0 Å². The Morgan fingerprint density at radius 1 is 0.688 bits per heavy atom. The lowest BCUT2D eigenvalue weighted by molar-refractivity contribution is 0.593. The molecule has 0 N–H and O–H groups in total. The molecule has 0 heterocycles. The lowest BCUT2D eigenvalue weighted by Crippen LogP contribution is -2.05. The van der Waals surface area contributed by atoms with Gasteiger partial charge in [0.05, 0.1) is 0 Å². The molecule has 0 aromatic heterocycles. The van der Waals surface area contributed by atoms with E-state index in [2.05, 4.69) is 52.0 Å². The lowest BCUT2D eigenvalue weighted by Gasteiger charge is -2.22. The highest BCUT2D eigenvalue weighted by atomic mass is 14.2. The van der Waals surface area contributed by atoms with Gasteiger partial charge in [0.15, 0.2) is 0 Å². The van der Waals surface area contributed by atoms with E-state index in [0.29, 0.717) is 0 Å². The Morgan fingerprint density at radius 2 is 1.00 bits per heavy atom. The van der Waals surface area contributed by atoms with Gasteiger partial charge in [-0.25, -0.2) is 0 Å². The fourth-order valence-electron chi connectivity index (χ4n) is 2.71. The van der Waals surface area contributed by atoms with Crippen molar-refractivity contribution in [3.05, 3.63) is 35.4 Å². The van der Waals surface area contributed by atoms with Crippen LogP contribution in [-0.2, 0) is 0 Å². The smallest absolute Gasteiger partial charge is 0.0164 e. The summed E-state index contributed by atoms with van der Waals surface area (Å²) in [5, 5.41) is 0. The summed E-state index contributed by atoms with van der Waals surface area (Å²) in [6.45, 7) is 9.21. The van der Waals surface area contributed by atoms with Gasteiger partial charge in [0.1, 0.15) is 0 Å². The Labute approximate surface area is 101 Å². The second kappa shape index (κ2) is 6.73. The second-order valence-electron chi connectivity index (χ2n) is 4.66. The van der Waals surface area contributed by atoms with E-state index in [1.807, 2.05) is 0 Å². The molecule has 0 bridgehead atoms. The van der Waals surface area contributed by atoms with Crippen LogP contribution in [0.15, 0.2) is 24.3 Å². The average Bonchev–Trinajstić information content (AvgIpc) is 2.34. The zero-order valence-corrected chi connectivity index (χ0v) is 11.3. The summed E-state index contributed by atoms with van der Waals surface area (Å²) >= 11 is 0. The molecular weight excluding hydrogens is 192 g/mol. The highest BCUT2D eigenvalue weighted by Crippen LogP contribution is 2.33. The van der Waals surface area contributed by atoms with Crippen molar-refractivity contribution in [1.82, 2.24) is 0 Å². The molecule has 0 heteroatoms. The van der Waals surface area contributed by atoms with Gasteiger partial charge in [-0.05, 0) is 48.6 Å². The van der Waals surface area contributed by atoms with Crippen LogP contribution in [0.1, 0.15) is 76.3 Å². The summed E-state index contributed by atoms with van der Waals surface area (Å²) < 4.78 is 0. The number of benzene rings is 1. The number of hydrogen-bond acceptors (Lipinski definition) is 0. The quantitative estimate of drug-likeness (QED) is 0.592. The van der Waals surface area contributed by atoms with E-state index >= 15 is 0 Å². The van der Waals surface area contributed by atoms with E-state index in [1.54, 1.807) is 11.1 Å². The molecule has 0 aliphatic rings. The Morgan fingerprint density at radius 3 is 1.25 bits per heavy atom. The van der Waals surface area contributed by atoms with E-state index in [0.717, 1.165) is 11.8 Å². The predicted molar refractivity (Wildman–Crippen MR) is 73.1 cm³/mol. The maximum atomic E-state index is 2.34. The maximum Gasteiger partial charge on any atom is -0.0164 e. The third kappa shape index (κ3) is 2.87. The lowest BCUT2D eigenvalue weighted by atomic mass is 9.83. The van der Waals surface area contributed by atoms with Crippen molar-refractivity contribution in [1.29, 1.82) is 0 Å². The molecule has 16 heavy (non-hydrogen) atoms. The topological polar surface area (TPSA) is 0 Å². The highest BCUT2D eigenvalue weighted by Gasteiger charge is 2.16. The van der Waals surface area contributed by atoms with Crippen LogP contribution in [-0.4, -0.2) is 0 Å². The van der Waals surface area contributed by atoms with Gasteiger partial charge in [0.25, 0.3) is 0 Å². The molecule has 1 rings (SSSR count). The van der Waals surface area contributed by atoms with Gasteiger partial charge >= 0.3 is 0 Å². The van der Waals surface area contributed by atoms with Gasteiger partial charge < -0.3 is 0 Å². The zero-order valence-electron chi connectivity index (χ0n) is 11.3. The van der Waals surface area contributed by atoms with Crippen LogP contribution < -0.4 is 0 Å². The zero-order chi connectivity index (χ0) is 12.0. The molecule has 0 amide bonds.